The fraction of sp³-hybridized carbons (Fsp3) is 0.556. The molecule has 0 radical (unpaired) electrons. The van der Waals surface area contributed by atoms with Crippen LogP contribution in [0.15, 0.2) is 11.4 Å². The van der Waals surface area contributed by atoms with E-state index in [4.69, 9.17) is 12.2 Å². The number of H-pyrrole nitrogens is 1. The third kappa shape index (κ3) is 4.53. The molecule has 4 nitrogen and oxygen atoms in total. The Morgan fingerprint density at radius 2 is 2.47 bits per heavy atom. The molecule has 0 unspecified atom stereocenters. The Bertz CT molecular complexity index is 311. The van der Waals surface area contributed by atoms with Gasteiger partial charge in [0.2, 0.25) is 0 Å². The summed E-state index contributed by atoms with van der Waals surface area (Å²) in [6.07, 6.45) is 2.80. The number of aromatic amines is 1. The minimum absolute atomic E-state index is 0.706. The second kappa shape index (κ2) is 6.68. The fourth-order valence-electron chi connectivity index (χ4n) is 1.03. The molecule has 1 rings (SSSR count). The van der Waals surface area contributed by atoms with Crippen molar-refractivity contribution in [1.29, 1.82) is 0 Å². The highest BCUT2D eigenvalue weighted by Gasteiger charge is 2.00. The summed E-state index contributed by atoms with van der Waals surface area (Å²) in [6, 6.07) is 0. The molecular formula is C9H16N4S2. The monoisotopic (exact) mass is 244 g/mol. The molecule has 84 valence electrons. The number of nitrogens with one attached hydrogen (secondary N) is 3. The molecule has 1 heterocycles. The summed E-state index contributed by atoms with van der Waals surface area (Å²) < 4.78 is 0. The molecule has 1 aromatic rings. The number of thiocarbonyl (C=S) groups is 1. The number of aryl methyl sites for hydroxylation is 1. The predicted octanol–water partition coefficient (Wildman–Crippen LogP) is 1.29. The van der Waals surface area contributed by atoms with Crippen molar-refractivity contribution < 1.29 is 0 Å². The van der Waals surface area contributed by atoms with Gasteiger partial charge in [-0.1, -0.05) is 0 Å². The van der Waals surface area contributed by atoms with E-state index in [1.807, 2.05) is 14.0 Å². The average Bonchev–Trinajstić information content (AvgIpc) is 2.63. The standard InChI is InChI=1S/C9H16N4S2/c1-7-8(13-6-12-7)15-5-3-4-11-9(14)10-2/h6H,3-5H2,1-2H3,(H,12,13)(H2,10,11,14). The highest BCUT2D eigenvalue weighted by Crippen LogP contribution is 2.18. The number of hydrogen-bond donors (Lipinski definition) is 3. The van der Waals surface area contributed by atoms with E-state index in [1.165, 1.54) is 0 Å². The lowest BCUT2D eigenvalue weighted by molar-refractivity contribution is 0.834. The van der Waals surface area contributed by atoms with E-state index in [0.29, 0.717) is 5.11 Å². The minimum Gasteiger partial charge on any atom is -0.366 e. The van der Waals surface area contributed by atoms with Crippen LogP contribution in [0.4, 0.5) is 0 Å². The Morgan fingerprint density at radius 1 is 1.67 bits per heavy atom. The van der Waals surface area contributed by atoms with Gasteiger partial charge in [0, 0.05) is 19.3 Å². The van der Waals surface area contributed by atoms with Gasteiger partial charge < -0.3 is 15.6 Å². The third-order valence-electron chi connectivity index (χ3n) is 1.86. The maximum Gasteiger partial charge on any atom is 0.166 e. The molecule has 0 aliphatic heterocycles. The smallest absolute Gasteiger partial charge is 0.166 e. The summed E-state index contributed by atoms with van der Waals surface area (Å²) in [6.45, 7) is 2.91. The van der Waals surface area contributed by atoms with Crippen molar-refractivity contribution in [3.05, 3.63) is 12.0 Å². The van der Waals surface area contributed by atoms with Crippen LogP contribution in [0.25, 0.3) is 0 Å². The van der Waals surface area contributed by atoms with Crippen molar-refractivity contribution in [3.8, 4) is 0 Å². The first kappa shape index (κ1) is 12.3. The van der Waals surface area contributed by atoms with Gasteiger partial charge in [0.1, 0.15) is 0 Å². The van der Waals surface area contributed by atoms with Crippen LogP contribution in [0, 0.1) is 6.92 Å². The highest BCUT2D eigenvalue weighted by atomic mass is 32.2. The number of aromatic nitrogens is 2. The summed E-state index contributed by atoms with van der Waals surface area (Å²) in [4.78, 5) is 7.24. The van der Waals surface area contributed by atoms with E-state index < -0.39 is 0 Å². The van der Waals surface area contributed by atoms with Crippen LogP contribution >= 0.6 is 24.0 Å². The van der Waals surface area contributed by atoms with E-state index in [-0.39, 0.29) is 0 Å². The second-order valence-electron chi connectivity index (χ2n) is 3.02. The molecule has 0 saturated heterocycles. The van der Waals surface area contributed by atoms with Gasteiger partial charge in [-0.3, -0.25) is 0 Å². The van der Waals surface area contributed by atoms with E-state index in [1.54, 1.807) is 18.1 Å². The van der Waals surface area contributed by atoms with Crippen LogP contribution in [-0.2, 0) is 0 Å². The van der Waals surface area contributed by atoms with Gasteiger partial charge in [-0.25, -0.2) is 4.98 Å². The maximum absolute atomic E-state index is 4.96. The van der Waals surface area contributed by atoms with Crippen LogP contribution < -0.4 is 10.6 Å². The van der Waals surface area contributed by atoms with Gasteiger partial charge in [-0.05, 0) is 25.6 Å². The molecule has 6 heteroatoms. The van der Waals surface area contributed by atoms with Crippen LogP contribution in [-0.4, -0.2) is 34.4 Å². The Morgan fingerprint density at radius 3 is 3.07 bits per heavy atom. The summed E-state index contributed by atoms with van der Waals surface area (Å²) >= 11 is 6.75. The Kier molecular flexibility index (Phi) is 5.49. The molecule has 15 heavy (non-hydrogen) atoms. The molecule has 0 atom stereocenters. The minimum atomic E-state index is 0.706. The molecular weight excluding hydrogens is 228 g/mol. The molecule has 0 bridgehead atoms. The summed E-state index contributed by atoms with van der Waals surface area (Å²) in [5.74, 6) is 1.06. The SMILES string of the molecule is CNC(=S)NCCCSc1[nH]cnc1C. The van der Waals surface area contributed by atoms with Crippen molar-refractivity contribution in [2.75, 3.05) is 19.3 Å². The number of nitrogens with zero attached hydrogens (tertiary/aromatic N) is 1. The van der Waals surface area contributed by atoms with Crippen molar-refractivity contribution in [1.82, 2.24) is 20.6 Å². The molecule has 1 aromatic heterocycles. The third-order valence-corrected chi connectivity index (χ3v) is 3.41. The number of imidazole rings is 1. The van der Waals surface area contributed by atoms with E-state index in [9.17, 15) is 0 Å². The van der Waals surface area contributed by atoms with Gasteiger partial charge in [0.15, 0.2) is 5.11 Å². The zero-order chi connectivity index (χ0) is 11.1. The molecule has 0 aromatic carbocycles. The first-order valence-corrected chi connectivity index (χ1v) is 6.21. The van der Waals surface area contributed by atoms with Crippen molar-refractivity contribution in [2.24, 2.45) is 0 Å². The number of hydrogen-bond acceptors (Lipinski definition) is 3. The summed E-state index contributed by atoms with van der Waals surface area (Å²) in [5.41, 5.74) is 1.07. The normalized spacial score (nSPS) is 10.0. The quantitative estimate of drug-likeness (QED) is 0.414. The molecule has 0 spiro atoms. The van der Waals surface area contributed by atoms with Gasteiger partial charge in [-0.15, -0.1) is 11.8 Å². The average molecular weight is 244 g/mol. The van der Waals surface area contributed by atoms with Gasteiger partial charge in [-0.2, -0.15) is 0 Å². The highest BCUT2D eigenvalue weighted by molar-refractivity contribution is 7.99. The van der Waals surface area contributed by atoms with Crippen LogP contribution in [0.2, 0.25) is 0 Å². The summed E-state index contributed by atoms with van der Waals surface area (Å²) in [5, 5.41) is 7.85. The zero-order valence-corrected chi connectivity index (χ0v) is 10.6. The fourth-order valence-corrected chi connectivity index (χ4v) is 2.03. The zero-order valence-electron chi connectivity index (χ0n) is 8.96. The summed E-state index contributed by atoms with van der Waals surface area (Å²) in [7, 11) is 1.82. The Balaban J connectivity index is 2.07. The Hall–Kier alpha value is -0.750. The molecule has 3 N–H and O–H groups in total. The van der Waals surface area contributed by atoms with Crippen molar-refractivity contribution in [2.45, 2.75) is 18.4 Å². The lowest BCUT2D eigenvalue weighted by Crippen LogP contribution is -2.33. The lowest BCUT2D eigenvalue weighted by Gasteiger charge is -2.05. The van der Waals surface area contributed by atoms with Crippen molar-refractivity contribution in [3.63, 3.8) is 0 Å². The van der Waals surface area contributed by atoms with Crippen LogP contribution in [0.3, 0.4) is 0 Å². The number of rotatable bonds is 5. The maximum atomic E-state index is 4.96. The van der Waals surface area contributed by atoms with E-state index >= 15 is 0 Å². The first-order chi connectivity index (χ1) is 7.24. The second-order valence-corrected chi connectivity index (χ2v) is 4.54. The molecule has 0 aliphatic carbocycles. The number of thioether (sulfide) groups is 1. The molecule has 0 saturated carbocycles. The molecule has 0 fully saturated rings. The Labute approximate surface area is 99.6 Å². The van der Waals surface area contributed by atoms with E-state index in [0.717, 1.165) is 29.4 Å². The van der Waals surface area contributed by atoms with Gasteiger partial charge in [0.05, 0.1) is 17.0 Å². The van der Waals surface area contributed by atoms with Crippen LogP contribution in [0.1, 0.15) is 12.1 Å². The molecule has 0 aliphatic rings. The van der Waals surface area contributed by atoms with Crippen molar-refractivity contribution >= 4 is 29.1 Å². The van der Waals surface area contributed by atoms with Crippen LogP contribution in [0.5, 0.6) is 0 Å². The van der Waals surface area contributed by atoms with Gasteiger partial charge in [0.25, 0.3) is 0 Å². The van der Waals surface area contributed by atoms with E-state index in [2.05, 4.69) is 20.6 Å². The first-order valence-electron chi connectivity index (χ1n) is 4.82. The van der Waals surface area contributed by atoms with Gasteiger partial charge >= 0.3 is 0 Å². The lowest BCUT2D eigenvalue weighted by atomic mass is 10.5. The molecule has 0 amide bonds. The largest absolute Gasteiger partial charge is 0.366 e. The topological polar surface area (TPSA) is 52.7 Å². The predicted molar refractivity (Wildman–Crippen MR) is 68.3 cm³/mol.